The van der Waals surface area contributed by atoms with Crippen LogP contribution in [0.3, 0.4) is 0 Å². The third-order valence-corrected chi connectivity index (χ3v) is 7.00. The van der Waals surface area contributed by atoms with Crippen molar-refractivity contribution in [2.24, 2.45) is 0 Å². The van der Waals surface area contributed by atoms with Crippen molar-refractivity contribution in [3.63, 3.8) is 0 Å². The number of nitrogens with zero attached hydrogens (tertiary/aromatic N) is 4. The van der Waals surface area contributed by atoms with Crippen LogP contribution >= 0.6 is 11.6 Å². The van der Waals surface area contributed by atoms with Crippen LogP contribution in [-0.2, 0) is 22.6 Å². The Hall–Kier alpha value is -3.64. The zero-order valence-corrected chi connectivity index (χ0v) is 21.3. The number of amides is 1. The lowest BCUT2D eigenvalue weighted by Crippen LogP contribution is -2.32. The summed E-state index contributed by atoms with van der Waals surface area (Å²) in [7, 11) is -3.67. The number of aromatic nitrogens is 3. The highest BCUT2D eigenvalue weighted by Crippen LogP contribution is 2.36. The summed E-state index contributed by atoms with van der Waals surface area (Å²) in [6, 6.07) is 10.9. The van der Waals surface area contributed by atoms with E-state index in [-0.39, 0.29) is 22.8 Å². The highest BCUT2D eigenvalue weighted by Gasteiger charge is 2.42. The van der Waals surface area contributed by atoms with Crippen molar-refractivity contribution < 1.29 is 30.9 Å². The fourth-order valence-corrected chi connectivity index (χ4v) is 4.54. The van der Waals surface area contributed by atoms with E-state index in [9.17, 15) is 26.4 Å². The minimum absolute atomic E-state index is 0.0483. The number of carbonyl (C=O) groups excluding carboxylic acids is 1. The van der Waals surface area contributed by atoms with E-state index in [0.29, 0.717) is 26.7 Å². The molecule has 0 aliphatic rings. The van der Waals surface area contributed by atoms with Crippen LogP contribution in [0.15, 0.2) is 64.1 Å². The van der Waals surface area contributed by atoms with Crippen LogP contribution in [-0.4, -0.2) is 35.5 Å². The summed E-state index contributed by atoms with van der Waals surface area (Å²) in [5, 5.41) is 8.01. The number of benzene rings is 2. The van der Waals surface area contributed by atoms with Gasteiger partial charge in [0, 0.05) is 22.5 Å². The molecule has 13 heteroatoms. The molecule has 8 nitrogen and oxygen atoms in total. The van der Waals surface area contributed by atoms with Gasteiger partial charge in [0.1, 0.15) is 5.76 Å². The summed E-state index contributed by atoms with van der Waals surface area (Å²) in [6.07, 6.45) is -3.13. The van der Waals surface area contributed by atoms with Gasteiger partial charge in [-0.15, -0.1) is 0 Å². The van der Waals surface area contributed by atoms with Crippen molar-refractivity contribution in [3.8, 4) is 5.69 Å². The van der Waals surface area contributed by atoms with Crippen LogP contribution in [0.5, 0.6) is 0 Å². The molecule has 0 radical (unpaired) electrons. The summed E-state index contributed by atoms with van der Waals surface area (Å²) in [5.74, 6) is -0.680. The maximum atomic E-state index is 14.3. The van der Waals surface area contributed by atoms with Crippen LogP contribution in [0.25, 0.3) is 5.69 Å². The van der Waals surface area contributed by atoms with Gasteiger partial charge in [-0.05, 0) is 56.3 Å². The first-order valence-electron chi connectivity index (χ1n) is 10.7. The highest BCUT2D eigenvalue weighted by molar-refractivity contribution is 7.90. The van der Waals surface area contributed by atoms with Crippen molar-refractivity contribution in [2.75, 3.05) is 11.2 Å². The van der Waals surface area contributed by atoms with Crippen LogP contribution in [0.2, 0.25) is 5.02 Å². The molecule has 0 fully saturated rings. The molecule has 4 rings (SSSR count). The zero-order chi connectivity index (χ0) is 27.1. The van der Waals surface area contributed by atoms with Crippen molar-refractivity contribution >= 4 is 33.0 Å². The van der Waals surface area contributed by atoms with E-state index in [1.807, 2.05) is 0 Å². The Morgan fingerprint density at radius 2 is 1.81 bits per heavy atom. The molecule has 4 aromatic rings. The molecule has 0 saturated carbocycles. The molecule has 0 aliphatic heterocycles. The third-order valence-electron chi connectivity index (χ3n) is 5.64. The maximum absolute atomic E-state index is 14.3. The zero-order valence-electron chi connectivity index (χ0n) is 19.7. The molecular weight excluding hydrogens is 533 g/mol. The quantitative estimate of drug-likeness (QED) is 0.318. The number of rotatable bonds is 6. The average molecular weight is 553 g/mol. The Labute approximate surface area is 215 Å². The molecule has 0 atom stereocenters. The second kappa shape index (κ2) is 9.67. The van der Waals surface area contributed by atoms with Crippen molar-refractivity contribution in [1.29, 1.82) is 0 Å². The number of carbonyl (C=O) groups is 1. The molecule has 0 aliphatic carbocycles. The number of hydrogen-bond acceptors (Lipinski definition) is 6. The highest BCUT2D eigenvalue weighted by atomic mass is 35.5. The van der Waals surface area contributed by atoms with Crippen molar-refractivity contribution in [3.05, 3.63) is 88.0 Å². The van der Waals surface area contributed by atoms with Gasteiger partial charge in [0.2, 0.25) is 0 Å². The number of hydrogen-bond donors (Lipinski definition) is 0. The van der Waals surface area contributed by atoms with E-state index < -0.39 is 33.2 Å². The second-order valence-corrected chi connectivity index (χ2v) is 10.7. The molecule has 37 heavy (non-hydrogen) atoms. The minimum atomic E-state index is -4.95. The lowest BCUT2D eigenvalue weighted by atomic mass is 10.1. The Kier molecular flexibility index (Phi) is 6.91. The lowest BCUT2D eigenvalue weighted by Gasteiger charge is -2.24. The van der Waals surface area contributed by atoms with Gasteiger partial charge in [-0.2, -0.15) is 18.3 Å². The molecule has 2 aromatic heterocycles. The molecule has 0 unspecified atom stereocenters. The topological polar surface area (TPSA) is 98.3 Å². The normalized spacial score (nSPS) is 12.1. The largest absolute Gasteiger partial charge is 0.434 e. The predicted molar refractivity (Wildman–Crippen MR) is 130 cm³/mol. The van der Waals surface area contributed by atoms with E-state index in [1.165, 1.54) is 48.5 Å². The summed E-state index contributed by atoms with van der Waals surface area (Å²) in [6.45, 7) is 3.00. The molecule has 1 amide bonds. The fraction of sp³-hybridized carbons (Fsp3) is 0.208. The standard InChI is InChI=1S/C24H20ClF3N4O4S/c1-14-21(15(2)36-30-14)13-31(18-5-4-6-19(11-18)37(3,34)35)23(33)20-12-29-32(22(20)24(26,27)28)17-9-7-16(25)8-10-17/h4-12H,13H2,1-3H3. The minimum Gasteiger partial charge on any atom is -0.361 e. The van der Waals surface area contributed by atoms with E-state index in [1.54, 1.807) is 13.8 Å². The molecule has 194 valence electrons. The summed E-state index contributed by atoms with van der Waals surface area (Å²) in [5.41, 5.74) is -0.992. The van der Waals surface area contributed by atoms with Gasteiger partial charge >= 0.3 is 6.18 Å². The number of sulfone groups is 1. The smallest absolute Gasteiger partial charge is 0.361 e. The first-order chi connectivity index (χ1) is 17.3. The van der Waals surface area contributed by atoms with Crippen LogP contribution in [0.1, 0.15) is 33.1 Å². The Morgan fingerprint density at radius 1 is 1.14 bits per heavy atom. The molecule has 0 bridgehead atoms. The molecular formula is C24H20ClF3N4O4S. The maximum Gasteiger partial charge on any atom is 0.434 e. The lowest BCUT2D eigenvalue weighted by molar-refractivity contribution is -0.143. The molecule has 2 heterocycles. The van der Waals surface area contributed by atoms with Gasteiger partial charge in [0.05, 0.1) is 34.6 Å². The SMILES string of the molecule is Cc1noc(C)c1CN(C(=O)c1cnn(-c2ccc(Cl)cc2)c1C(F)(F)F)c1cccc(S(C)(=O)=O)c1. The van der Waals surface area contributed by atoms with E-state index in [0.717, 1.165) is 17.4 Å². The van der Waals surface area contributed by atoms with Crippen LogP contribution < -0.4 is 4.90 Å². The number of alkyl halides is 3. The first kappa shape index (κ1) is 26.4. The Morgan fingerprint density at radius 3 is 2.38 bits per heavy atom. The molecule has 0 spiro atoms. The first-order valence-corrected chi connectivity index (χ1v) is 13.0. The monoisotopic (exact) mass is 552 g/mol. The Bertz CT molecular complexity index is 1560. The van der Waals surface area contributed by atoms with Gasteiger partial charge in [-0.1, -0.05) is 22.8 Å². The number of anilines is 1. The fourth-order valence-electron chi connectivity index (χ4n) is 3.75. The van der Waals surface area contributed by atoms with Crippen LogP contribution in [0.4, 0.5) is 18.9 Å². The summed E-state index contributed by atoms with van der Waals surface area (Å²) in [4.78, 5) is 14.7. The van der Waals surface area contributed by atoms with Crippen molar-refractivity contribution in [1.82, 2.24) is 14.9 Å². The average Bonchev–Trinajstić information content (AvgIpc) is 3.41. The van der Waals surface area contributed by atoms with Gasteiger partial charge < -0.3 is 9.42 Å². The van der Waals surface area contributed by atoms with Crippen molar-refractivity contribution in [2.45, 2.75) is 31.5 Å². The number of aryl methyl sites for hydroxylation is 2. The van der Waals surface area contributed by atoms with Gasteiger partial charge in [-0.25, -0.2) is 13.1 Å². The van der Waals surface area contributed by atoms with E-state index in [2.05, 4.69) is 10.3 Å². The predicted octanol–water partition coefficient (Wildman–Crippen LogP) is 5.40. The summed E-state index contributed by atoms with van der Waals surface area (Å²) < 4.78 is 72.9. The third kappa shape index (κ3) is 5.39. The number of halogens is 4. The van der Waals surface area contributed by atoms with Gasteiger partial charge in [0.15, 0.2) is 15.5 Å². The molecule has 0 saturated heterocycles. The molecule has 2 aromatic carbocycles. The second-order valence-electron chi connectivity index (χ2n) is 8.26. The van der Waals surface area contributed by atoms with Gasteiger partial charge in [-0.3, -0.25) is 4.79 Å². The van der Waals surface area contributed by atoms with Crippen LogP contribution in [0, 0.1) is 13.8 Å². The molecule has 0 N–H and O–H groups in total. The summed E-state index contributed by atoms with van der Waals surface area (Å²) >= 11 is 5.86. The Balaban J connectivity index is 1.89. The van der Waals surface area contributed by atoms with E-state index in [4.69, 9.17) is 16.1 Å². The van der Waals surface area contributed by atoms with Gasteiger partial charge in [0.25, 0.3) is 5.91 Å². The van der Waals surface area contributed by atoms with E-state index >= 15 is 0 Å².